The van der Waals surface area contributed by atoms with Crippen molar-refractivity contribution >= 4 is 23.4 Å². The minimum Gasteiger partial charge on any atom is -0.507 e. The van der Waals surface area contributed by atoms with E-state index in [9.17, 15) is 14.7 Å². The van der Waals surface area contributed by atoms with E-state index < -0.39 is 5.97 Å². The maximum Gasteiger partial charge on any atom is 0.341 e. The van der Waals surface area contributed by atoms with Gasteiger partial charge in [-0.15, -0.1) is 11.6 Å². The van der Waals surface area contributed by atoms with Gasteiger partial charge in [-0.2, -0.15) is 0 Å². The molecule has 1 N–H and O–H groups in total. The van der Waals surface area contributed by atoms with Gasteiger partial charge in [-0.25, -0.2) is 4.79 Å². The molecule has 0 bridgehead atoms. The van der Waals surface area contributed by atoms with Crippen LogP contribution in [0.3, 0.4) is 0 Å². The molecule has 0 heterocycles. The molecule has 1 rings (SSSR count). The largest absolute Gasteiger partial charge is 0.507 e. The maximum absolute atomic E-state index is 11.4. The molecule has 0 atom stereocenters. The molecule has 1 aromatic carbocycles. The molecular weight excluding hydrogens is 244 g/mol. The maximum atomic E-state index is 11.4. The van der Waals surface area contributed by atoms with E-state index in [0.29, 0.717) is 5.56 Å². The first-order valence-corrected chi connectivity index (χ1v) is 5.68. The third-order valence-corrected chi connectivity index (χ3v) is 2.41. The number of phenolic OH excluding ortho intramolecular Hbond substituents is 1. The van der Waals surface area contributed by atoms with E-state index >= 15 is 0 Å². The molecule has 0 amide bonds. The van der Waals surface area contributed by atoms with Crippen molar-refractivity contribution in [3.63, 3.8) is 0 Å². The average Bonchev–Trinajstić information content (AvgIpc) is 2.29. The molecule has 0 aliphatic carbocycles. The van der Waals surface area contributed by atoms with Crippen LogP contribution in [-0.4, -0.2) is 29.3 Å². The van der Waals surface area contributed by atoms with E-state index in [1.54, 1.807) is 13.0 Å². The van der Waals surface area contributed by atoms with Crippen molar-refractivity contribution in [2.75, 3.05) is 12.5 Å². The number of ether oxygens (including phenoxy) is 1. The van der Waals surface area contributed by atoms with Gasteiger partial charge >= 0.3 is 5.97 Å². The SMILES string of the molecule is CCOC(=O)c1ccc(CC(=O)CCl)cc1O. The van der Waals surface area contributed by atoms with Gasteiger partial charge < -0.3 is 9.84 Å². The van der Waals surface area contributed by atoms with Crippen molar-refractivity contribution in [1.29, 1.82) is 0 Å². The van der Waals surface area contributed by atoms with Crippen molar-refractivity contribution in [1.82, 2.24) is 0 Å². The summed E-state index contributed by atoms with van der Waals surface area (Å²) in [6.07, 6.45) is 0.139. The van der Waals surface area contributed by atoms with Crippen LogP contribution in [0.15, 0.2) is 18.2 Å². The minimum absolute atomic E-state index is 0.0691. The van der Waals surface area contributed by atoms with Crippen LogP contribution < -0.4 is 0 Å². The van der Waals surface area contributed by atoms with Gasteiger partial charge in [-0.1, -0.05) is 6.07 Å². The van der Waals surface area contributed by atoms with Crippen LogP contribution >= 0.6 is 11.6 Å². The fourth-order valence-corrected chi connectivity index (χ4v) is 1.44. The Labute approximate surface area is 104 Å². The Kier molecular flexibility index (Phi) is 4.97. The number of Topliss-reactive ketones (excluding diaryl/α,β-unsaturated/α-hetero) is 1. The molecule has 0 fully saturated rings. The zero-order valence-electron chi connectivity index (χ0n) is 9.40. The van der Waals surface area contributed by atoms with Gasteiger partial charge in [0.15, 0.2) is 5.78 Å². The van der Waals surface area contributed by atoms with E-state index in [0.717, 1.165) is 0 Å². The van der Waals surface area contributed by atoms with Gasteiger partial charge in [-0.05, 0) is 24.6 Å². The topological polar surface area (TPSA) is 63.6 Å². The van der Waals surface area contributed by atoms with Gasteiger partial charge in [-0.3, -0.25) is 4.79 Å². The number of ketones is 1. The number of benzene rings is 1. The van der Waals surface area contributed by atoms with Gasteiger partial charge in [0.05, 0.1) is 12.5 Å². The van der Waals surface area contributed by atoms with Crippen LogP contribution in [0.5, 0.6) is 5.75 Å². The molecule has 0 aromatic heterocycles. The Morgan fingerprint density at radius 2 is 2.12 bits per heavy atom. The fourth-order valence-electron chi connectivity index (χ4n) is 1.34. The molecule has 17 heavy (non-hydrogen) atoms. The summed E-state index contributed by atoms with van der Waals surface area (Å²) in [5.74, 6) is -0.987. The van der Waals surface area contributed by atoms with Crippen LogP contribution in [0.4, 0.5) is 0 Å². The van der Waals surface area contributed by atoms with Crippen LogP contribution in [0.25, 0.3) is 0 Å². The van der Waals surface area contributed by atoms with E-state index in [2.05, 4.69) is 0 Å². The third kappa shape index (κ3) is 3.75. The number of carbonyl (C=O) groups is 2. The molecule has 0 spiro atoms. The molecule has 4 nitrogen and oxygen atoms in total. The fraction of sp³-hybridized carbons (Fsp3) is 0.333. The first kappa shape index (κ1) is 13.5. The second-order valence-corrected chi connectivity index (χ2v) is 3.69. The zero-order chi connectivity index (χ0) is 12.8. The highest BCUT2D eigenvalue weighted by atomic mass is 35.5. The van der Waals surface area contributed by atoms with Crippen molar-refractivity contribution in [2.24, 2.45) is 0 Å². The molecule has 1 aromatic rings. The highest BCUT2D eigenvalue weighted by molar-refractivity contribution is 6.27. The molecule has 0 saturated heterocycles. The molecule has 0 aliphatic rings. The van der Waals surface area contributed by atoms with Crippen molar-refractivity contribution < 1.29 is 19.4 Å². The summed E-state index contributed by atoms with van der Waals surface area (Å²) < 4.78 is 4.76. The summed E-state index contributed by atoms with van der Waals surface area (Å²) in [4.78, 5) is 22.5. The number of halogens is 1. The van der Waals surface area contributed by atoms with Crippen LogP contribution in [0.2, 0.25) is 0 Å². The summed E-state index contributed by atoms with van der Waals surface area (Å²) in [5, 5.41) is 9.63. The Morgan fingerprint density at radius 3 is 2.65 bits per heavy atom. The Bertz CT molecular complexity index is 429. The zero-order valence-corrected chi connectivity index (χ0v) is 10.2. The number of hydrogen-bond donors (Lipinski definition) is 1. The lowest BCUT2D eigenvalue weighted by molar-refractivity contribution is -0.116. The number of hydrogen-bond acceptors (Lipinski definition) is 4. The van der Waals surface area contributed by atoms with Crippen molar-refractivity contribution in [3.8, 4) is 5.75 Å². The Balaban J connectivity index is 2.86. The number of aromatic hydroxyl groups is 1. The molecule has 0 radical (unpaired) electrons. The van der Waals surface area contributed by atoms with Crippen LogP contribution in [-0.2, 0) is 16.0 Å². The molecule has 0 aliphatic heterocycles. The van der Waals surface area contributed by atoms with Gasteiger partial charge in [0.2, 0.25) is 0 Å². The average molecular weight is 257 g/mol. The first-order chi connectivity index (χ1) is 8.08. The van der Waals surface area contributed by atoms with Crippen LogP contribution in [0.1, 0.15) is 22.8 Å². The highest BCUT2D eigenvalue weighted by Crippen LogP contribution is 2.20. The second-order valence-electron chi connectivity index (χ2n) is 3.42. The Hall–Kier alpha value is -1.55. The minimum atomic E-state index is -0.583. The number of rotatable bonds is 5. The lowest BCUT2D eigenvalue weighted by atomic mass is 10.1. The molecular formula is C12H13ClO4. The van der Waals surface area contributed by atoms with Gasteiger partial charge in [0.1, 0.15) is 11.3 Å². The number of esters is 1. The lowest BCUT2D eigenvalue weighted by Crippen LogP contribution is -2.07. The summed E-state index contributed by atoms with van der Waals surface area (Å²) in [6, 6.07) is 4.40. The summed E-state index contributed by atoms with van der Waals surface area (Å²) in [7, 11) is 0. The summed E-state index contributed by atoms with van der Waals surface area (Å²) in [5.41, 5.74) is 0.704. The summed E-state index contributed by atoms with van der Waals surface area (Å²) in [6.45, 7) is 1.92. The number of phenols is 1. The quantitative estimate of drug-likeness (QED) is 0.646. The lowest BCUT2D eigenvalue weighted by Gasteiger charge is -2.06. The number of carbonyl (C=O) groups excluding carboxylic acids is 2. The first-order valence-electron chi connectivity index (χ1n) is 5.15. The van der Waals surface area contributed by atoms with Crippen molar-refractivity contribution in [3.05, 3.63) is 29.3 Å². The predicted molar refractivity (Wildman–Crippen MR) is 63.5 cm³/mol. The Morgan fingerprint density at radius 1 is 1.41 bits per heavy atom. The second kappa shape index (κ2) is 6.25. The van der Waals surface area contributed by atoms with Gasteiger partial charge in [0, 0.05) is 6.42 Å². The van der Waals surface area contributed by atoms with E-state index in [1.807, 2.05) is 0 Å². The van der Waals surface area contributed by atoms with E-state index in [1.165, 1.54) is 12.1 Å². The summed E-state index contributed by atoms with van der Waals surface area (Å²) >= 11 is 5.38. The molecule has 92 valence electrons. The normalized spacial score (nSPS) is 10.0. The predicted octanol–water partition coefficient (Wildman–Crippen LogP) is 1.92. The standard InChI is InChI=1S/C12H13ClO4/c1-2-17-12(16)10-4-3-8(6-11(10)15)5-9(14)7-13/h3-4,6,15H,2,5,7H2,1H3. The van der Waals surface area contributed by atoms with E-state index in [4.69, 9.17) is 16.3 Å². The monoisotopic (exact) mass is 256 g/mol. The third-order valence-electron chi connectivity index (χ3n) is 2.11. The number of alkyl halides is 1. The van der Waals surface area contributed by atoms with Gasteiger partial charge in [0.25, 0.3) is 0 Å². The molecule has 0 unspecified atom stereocenters. The van der Waals surface area contributed by atoms with Crippen LogP contribution in [0, 0.1) is 0 Å². The smallest absolute Gasteiger partial charge is 0.341 e. The highest BCUT2D eigenvalue weighted by Gasteiger charge is 2.13. The van der Waals surface area contributed by atoms with Crippen molar-refractivity contribution in [2.45, 2.75) is 13.3 Å². The molecule has 0 saturated carbocycles. The van der Waals surface area contributed by atoms with E-state index in [-0.39, 0.29) is 36.0 Å². The molecule has 5 heteroatoms.